The van der Waals surface area contributed by atoms with Crippen LogP contribution in [-0.2, 0) is 0 Å². The number of nitrogens with one attached hydrogen (secondary N) is 1. The van der Waals surface area contributed by atoms with Crippen molar-refractivity contribution < 1.29 is 5.11 Å². The summed E-state index contributed by atoms with van der Waals surface area (Å²) in [7, 11) is 0. The van der Waals surface area contributed by atoms with Gasteiger partial charge in [0, 0.05) is 24.6 Å². The minimum absolute atomic E-state index is 0.0701. The molecule has 1 aliphatic rings. The topological polar surface area (TPSA) is 45.1 Å². The molecular formula is C11H16N2O. The van der Waals surface area contributed by atoms with Crippen LogP contribution in [0.2, 0.25) is 0 Å². The van der Waals surface area contributed by atoms with Crippen molar-refractivity contribution in [1.29, 1.82) is 0 Å². The van der Waals surface area contributed by atoms with Crippen molar-refractivity contribution in [3.8, 4) is 0 Å². The van der Waals surface area contributed by atoms with E-state index in [0.717, 1.165) is 31.5 Å². The normalized spacial score (nSPS) is 26.4. The molecule has 2 unspecified atom stereocenters. The Labute approximate surface area is 84.2 Å². The van der Waals surface area contributed by atoms with E-state index in [1.807, 2.05) is 12.1 Å². The van der Waals surface area contributed by atoms with Gasteiger partial charge in [-0.25, -0.2) is 0 Å². The summed E-state index contributed by atoms with van der Waals surface area (Å²) >= 11 is 0. The molecule has 3 heteroatoms. The molecule has 0 bridgehead atoms. The van der Waals surface area contributed by atoms with E-state index >= 15 is 0 Å². The van der Waals surface area contributed by atoms with E-state index in [1.165, 1.54) is 0 Å². The van der Waals surface area contributed by atoms with Gasteiger partial charge in [-0.05, 0) is 37.3 Å². The maximum absolute atomic E-state index is 9.36. The molecule has 1 fully saturated rings. The fourth-order valence-electron chi connectivity index (χ4n) is 1.97. The quantitative estimate of drug-likeness (QED) is 0.765. The molecule has 1 aliphatic carbocycles. The fraction of sp³-hybridized carbons (Fsp3) is 0.545. The summed E-state index contributed by atoms with van der Waals surface area (Å²) in [6, 6.07) is 3.93. The predicted octanol–water partition coefficient (Wildman–Crippen LogP) is 1.65. The van der Waals surface area contributed by atoms with Gasteiger partial charge in [-0.1, -0.05) is 0 Å². The van der Waals surface area contributed by atoms with Gasteiger partial charge in [0.2, 0.25) is 0 Å². The Morgan fingerprint density at radius 1 is 1.36 bits per heavy atom. The largest absolute Gasteiger partial charge is 0.393 e. The molecule has 0 amide bonds. The highest BCUT2D eigenvalue weighted by Gasteiger charge is 2.22. The molecule has 1 heterocycles. The second-order valence-corrected chi connectivity index (χ2v) is 3.95. The van der Waals surface area contributed by atoms with Gasteiger partial charge >= 0.3 is 0 Å². The van der Waals surface area contributed by atoms with E-state index < -0.39 is 0 Å². The van der Waals surface area contributed by atoms with Crippen LogP contribution in [0.1, 0.15) is 19.3 Å². The Kier molecular flexibility index (Phi) is 2.99. The van der Waals surface area contributed by atoms with Crippen molar-refractivity contribution in [2.75, 3.05) is 11.9 Å². The minimum atomic E-state index is -0.0701. The second kappa shape index (κ2) is 4.42. The standard InChI is InChI=1S/C11H16N2O/c14-11-2-1-9(7-11)8-13-10-3-5-12-6-4-10/h3-6,9,11,14H,1-2,7-8H2,(H,12,13). The zero-order valence-electron chi connectivity index (χ0n) is 8.19. The van der Waals surface area contributed by atoms with E-state index in [2.05, 4.69) is 10.3 Å². The Bertz CT molecular complexity index is 276. The lowest BCUT2D eigenvalue weighted by Gasteiger charge is -2.11. The maximum atomic E-state index is 9.36. The molecule has 3 nitrogen and oxygen atoms in total. The Hall–Kier alpha value is -1.09. The number of pyridine rings is 1. The molecule has 1 aromatic rings. The minimum Gasteiger partial charge on any atom is -0.393 e. The molecule has 0 radical (unpaired) electrons. The average Bonchev–Trinajstić information content (AvgIpc) is 2.63. The van der Waals surface area contributed by atoms with Gasteiger partial charge in [0.05, 0.1) is 6.10 Å². The molecule has 0 spiro atoms. The summed E-state index contributed by atoms with van der Waals surface area (Å²) in [6.45, 7) is 0.959. The highest BCUT2D eigenvalue weighted by molar-refractivity contribution is 5.40. The zero-order valence-corrected chi connectivity index (χ0v) is 8.19. The van der Waals surface area contributed by atoms with Crippen molar-refractivity contribution in [3.63, 3.8) is 0 Å². The molecule has 1 saturated carbocycles. The van der Waals surface area contributed by atoms with Crippen molar-refractivity contribution in [3.05, 3.63) is 24.5 Å². The summed E-state index contributed by atoms with van der Waals surface area (Å²) < 4.78 is 0. The van der Waals surface area contributed by atoms with Crippen molar-refractivity contribution in [2.24, 2.45) is 5.92 Å². The Balaban J connectivity index is 1.78. The number of aliphatic hydroxyl groups is 1. The van der Waals surface area contributed by atoms with Gasteiger partial charge in [0.15, 0.2) is 0 Å². The molecule has 2 atom stereocenters. The molecule has 2 N–H and O–H groups in total. The number of hydrogen-bond acceptors (Lipinski definition) is 3. The van der Waals surface area contributed by atoms with Gasteiger partial charge < -0.3 is 10.4 Å². The van der Waals surface area contributed by atoms with Gasteiger partial charge in [-0.2, -0.15) is 0 Å². The lowest BCUT2D eigenvalue weighted by Crippen LogP contribution is -2.12. The van der Waals surface area contributed by atoms with Crippen LogP contribution in [0, 0.1) is 5.92 Å². The van der Waals surface area contributed by atoms with Crippen molar-refractivity contribution >= 4 is 5.69 Å². The van der Waals surface area contributed by atoms with E-state index in [9.17, 15) is 5.11 Å². The number of nitrogens with zero attached hydrogens (tertiary/aromatic N) is 1. The molecule has 0 saturated heterocycles. The maximum Gasteiger partial charge on any atom is 0.0543 e. The Morgan fingerprint density at radius 3 is 2.79 bits per heavy atom. The summed E-state index contributed by atoms with van der Waals surface area (Å²) in [5.74, 6) is 0.623. The SMILES string of the molecule is OC1CCC(CNc2ccncc2)C1. The van der Waals surface area contributed by atoms with Crippen LogP contribution in [0.4, 0.5) is 5.69 Å². The van der Waals surface area contributed by atoms with Crippen LogP contribution in [0.25, 0.3) is 0 Å². The van der Waals surface area contributed by atoms with Crippen LogP contribution in [0.3, 0.4) is 0 Å². The third-order valence-electron chi connectivity index (χ3n) is 2.79. The summed E-state index contributed by atoms with van der Waals surface area (Å²) in [5.41, 5.74) is 1.11. The van der Waals surface area contributed by atoms with Crippen molar-refractivity contribution in [1.82, 2.24) is 4.98 Å². The number of rotatable bonds is 3. The van der Waals surface area contributed by atoms with Gasteiger partial charge in [-0.15, -0.1) is 0 Å². The molecule has 0 aromatic carbocycles. The average molecular weight is 192 g/mol. The van der Waals surface area contributed by atoms with Gasteiger partial charge in [-0.3, -0.25) is 4.98 Å². The monoisotopic (exact) mass is 192 g/mol. The number of anilines is 1. The molecule has 2 rings (SSSR count). The summed E-state index contributed by atoms with van der Waals surface area (Å²) in [6.07, 6.45) is 6.54. The smallest absolute Gasteiger partial charge is 0.0543 e. The van der Waals surface area contributed by atoms with E-state index in [0.29, 0.717) is 5.92 Å². The summed E-state index contributed by atoms with van der Waals surface area (Å²) in [4.78, 5) is 3.96. The van der Waals surface area contributed by atoms with Crippen LogP contribution in [0.15, 0.2) is 24.5 Å². The van der Waals surface area contributed by atoms with E-state index in [1.54, 1.807) is 12.4 Å². The van der Waals surface area contributed by atoms with E-state index in [4.69, 9.17) is 0 Å². The first-order valence-corrected chi connectivity index (χ1v) is 5.16. The first-order valence-electron chi connectivity index (χ1n) is 5.16. The lowest BCUT2D eigenvalue weighted by atomic mass is 10.1. The van der Waals surface area contributed by atoms with Gasteiger partial charge in [0.25, 0.3) is 0 Å². The van der Waals surface area contributed by atoms with Crippen LogP contribution in [0.5, 0.6) is 0 Å². The first kappa shape index (κ1) is 9.46. The molecule has 76 valence electrons. The third kappa shape index (κ3) is 2.45. The molecule has 0 aliphatic heterocycles. The Morgan fingerprint density at radius 2 is 2.14 bits per heavy atom. The van der Waals surface area contributed by atoms with Crippen molar-refractivity contribution in [2.45, 2.75) is 25.4 Å². The number of aromatic nitrogens is 1. The van der Waals surface area contributed by atoms with Crippen LogP contribution >= 0.6 is 0 Å². The highest BCUT2D eigenvalue weighted by atomic mass is 16.3. The highest BCUT2D eigenvalue weighted by Crippen LogP contribution is 2.25. The fourth-order valence-corrected chi connectivity index (χ4v) is 1.97. The molecule has 1 aromatic heterocycles. The zero-order chi connectivity index (χ0) is 9.80. The number of hydrogen-bond donors (Lipinski definition) is 2. The second-order valence-electron chi connectivity index (χ2n) is 3.95. The lowest BCUT2D eigenvalue weighted by molar-refractivity contribution is 0.178. The summed E-state index contributed by atoms with van der Waals surface area (Å²) in [5, 5.41) is 12.7. The van der Waals surface area contributed by atoms with Crippen LogP contribution < -0.4 is 5.32 Å². The van der Waals surface area contributed by atoms with Gasteiger partial charge in [0.1, 0.15) is 0 Å². The van der Waals surface area contributed by atoms with E-state index in [-0.39, 0.29) is 6.10 Å². The van der Waals surface area contributed by atoms with Crippen LogP contribution in [-0.4, -0.2) is 22.7 Å². The number of aliphatic hydroxyl groups excluding tert-OH is 1. The first-order chi connectivity index (χ1) is 6.84. The third-order valence-corrected chi connectivity index (χ3v) is 2.79. The molecular weight excluding hydrogens is 176 g/mol. The predicted molar refractivity (Wildman–Crippen MR) is 56.1 cm³/mol. The molecule has 14 heavy (non-hydrogen) atoms.